The summed E-state index contributed by atoms with van der Waals surface area (Å²) < 4.78 is 5.98. The molecule has 0 aromatic carbocycles. The van der Waals surface area contributed by atoms with Gasteiger partial charge in [-0.25, -0.2) is 0 Å². The smallest absolute Gasteiger partial charge is 0.255 e. The molecule has 3 heterocycles. The third kappa shape index (κ3) is 3.78. The van der Waals surface area contributed by atoms with Gasteiger partial charge in [0.1, 0.15) is 0 Å². The van der Waals surface area contributed by atoms with E-state index in [-0.39, 0.29) is 11.8 Å². The summed E-state index contributed by atoms with van der Waals surface area (Å²) in [6, 6.07) is 6.00. The molecule has 4 rings (SSSR count). The molecule has 1 aliphatic carbocycles. The van der Waals surface area contributed by atoms with Crippen molar-refractivity contribution in [1.29, 1.82) is 0 Å². The van der Waals surface area contributed by atoms with Gasteiger partial charge in [-0.3, -0.25) is 14.8 Å². The molecule has 5 nitrogen and oxygen atoms in total. The summed E-state index contributed by atoms with van der Waals surface area (Å²) in [6.07, 6.45) is 9.65. The minimum Gasteiger partial charge on any atom is -0.381 e. The number of ether oxygens (including phenoxy) is 1. The molecule has 5 heteroatoms. The Balaban J connectivity index is 1.50. The van der Waals surface area contributed by atoms with Crippen LogP contribution in [0.1, 0.15) is 40.2 Å². The number of likely N-dealkylation sites (tertiary alicyclic amines) is 1. The summed E-state index contributed by atoms with van der Waals surface area (Å²) in [5.41, 5.74) is 2.90. The number of pyridine rings is 2. The van der Waals surface area contributed by atoms with Gasteiger partial charge >= 0.3 is 0 Å². The standard InChI is InChI=1S/C21H25N3O2/c1-15-4-7-23-10-19(15)21(25)24-11-18(14-26-13-16-2-3-16)20(12-24)17-5-8-22-9-6-17/h4-10,16,18,20H,2-3,11-14H2,1H3. The summed E-state index contributed by atoms with van der Waals surface area (Å²) in [5.74, 6) is 1.43. The maximum atomic E-state index is 13.0. The van der Waals surface area contributed by atoms with Gasteiger partial charge in [0.25, 0.3) is 5.91 Å². The zero-order chi connectivity index (χ0) is 17.9. The Bertz CT molecular complexity index is 761. The predicted molar refractivity (Wildman–Crippen MR) is 98.9 cm³/mol. The van der Waals surface area contributed by atoms with E-state index < -0.39 is 0 Å². The van der Waals surface area contributed by atoms with E-state index in [2.05, 4.69) is 22.1 Å². The van der Waals surface area contributed by atoms with Crippen LogP contribution in [0, 0.1) is 18.8 Å². The van der Waals surface area contributed by atoms with Gasteiger partial charge in [0.15, 0.2) is 0 Å². The number of carbonyl (C=O) groups is 1. The summed E-state index contributed by atoms with van der Waals surface area (Å²) in [6.45, 7) is 4.97. The van der Waals surface area contributed by atoms with Gasteiger partial charge in [-0.05, 0) is 55.0 Å². The Morgan fingerprint density at radius 3 is 2.62 bits per heavy atom. The highest BCUT2D eigenvalue weighted by Crippen LogP contribution is 2.35. The number of amides is 1. The number of carbonyl (C=O) groups excluding carboxylic acids is 1. The van der Waals surface area contributed by atoms with Crippen molar-refractivity contribution in [3.05, 3.63) is 59.7 Å². The molecule has 1 saturated heterocycles. The zero-order valence-corrected chi connectivity index (χ0v) is 15.2. The fourth-order valence-corrected chi connectivity index (χ4v) is 3.72. The van der Waals surface area contributed by atoms with E-state index in [4.69, 9.17) is 4.74 Å². The Morgan fingerprint density at radius 1 is 1.12 bits per heavy atom. The van der Waals surface area contributed by atoms with Crippen molar-refractivity contribution < 1.29 is 9.53 Å². The lowest BCUT2D eigenvalue weighted by atomic mass is 9.90. The normalized spacial score (nSPS) is 22.6. The molecule has 2 aromatic rings. The molecule has 2 aromatic heterocycles. The van der Waals surface area contributed by atoms with E-state index in [1.807, 2.05) is 30.3 Å². The Morgan fingerprint density at radius 2 is 1.88 bits per heavy atom. The third-order valence-corrected chi connectivity index (χ3v) is 5.51. The Hall–Kier alpha value is -2.27. The van der Waals surface area contributed by atoms with Crippen LogP contribution in [0.25, 0.3) is 0 Å². The average Bonchev–Trinajstić information content (AvgIpc) is 3.39. The number of rotatable bonds is 6. The Kier molecular flexibility index (Phi) is 4.98. The highest BCUT2D eigenvalue weighted by atomic mass is 16.5. The third-order valence-electron chi connectivity index (χ3n) is 5.51. The molecule has 1 saturated carbocycles. The van der Waals surface area contributed by atoms with Gasteiger partial charge in [0.05, 0.1) is 12.2 Å². The van der Waals surface area contributed by atoms with E-state index >= 15 is 0 Å². The molecule has 1 aliphatic heterocycles. The molecular formula is C21H25N3O2. The van der Waals surface area contributed by atoms with E-state index in [0.29, 0.717) is 24.6 Å². The van der Waals surface area contributed by atoms with Gasteiger partial charge in [0, 0.05) is 56.3 Å². The maximum Gasteiger partial charge on any atom is 0.255 e. The quantitative estimate of drug-likeness (QED) is 0.803. The van der Waals surface area contributed by atoms with Gasteiger partial charge < -0.3 is 9.64 Å². The van der Waals surface area contributed by atoms with Crippen molar-refractivity contribution in [2.24, 2.45) is 11.8 Å². The van der Waals surface area contributed by atoms with Gasteiger partial charge in [0.2, 0.25) is 0 Å². The lowest BCUT2D eigenvalue weighted by molar-refractivity contribution is 0.0738. The summed E-state index contributed by atoms with van der Waals surface area (Å²) in [7, 11) is 0. The molecule has 26 heavy (non-hydrogen) atoms. The molecule has 2 fully saturated rings. The molecule has 2 unspecified atom stereocenters. The van der Waals surface area contributed by atoms with Gasteiger partial charge in [-0.2, -0.15) is 0 Å². The van der Waals surface area contributed by atoms with E-state index in [9.17, 15) is 4.79 Å². The molecule has 0 N–H and O–H groups in total. The van der Waals surface area contributed by atoms with Crippen LogP contribution in [-0.2, 0) is 4.74 Å². The summed E-state index contributed by atoms with van der Waals surface area (Å²) in [4.78, 5) is 23.2. The molecule has 136 valence electrons. The molecule has 0 bridgehead atoms. The van der Waals surface area contributed by atoms with E-state index in [0.717, 1.165) is 24.6 Å². The van der Waals surface area contributed by atoms with Crippen molar-refractivity contribution in [3.63, 3.8) is 0 Å². The van der Waals surface area contributed by atoms with Crippen LogP contribution < -0.4 is 0 Å². The fourth-order valence-electron chi connectivity index (χ4n) is 3.72. The number of hydrogen-bond donors (Lipinski definition) is 0. The number of aryl methyl sites for hydroxylation is 1. The van der Waals surface area contributed by atoms with Crippen LogP contribution in [0.15, 0.2) is 43.0 Å². The van der Waals surface area contributed by atoms with Crippen molar-refractivity contribution in [1.82, 2.24) is 14.9 Å². The maximum absolute atomic E-state index is 13.0. The fraction of sp³-hybridized carbons (Fsp3) is 0.476. The second-order valence-corrected chi connectivity index (χ2v) is 7.53. The van der Waals surface area contributed by atoms with Crippen molar-refractivity contribution >= 4 is 5.91 Å². The molecule has 2 aliphatic rings. The largest absolute Gasteiger partial charge is 0.381 e. The average molecular weight is 351 g/mol. The first-order valence-electron chi connectivity index (χ1n) is 9.40. The summed E-state index contributed by atoms with van der Waals surface area (Å²) in [5, 5.41) is 0. The molecule has 2 atom stereocenters. The zero-order valence-electron chi connectivity index (χ0n) is 15.2. The first kappa shape index (κ1) is 17.2. The highest BCUT2D eigenvalue weighted by Gasteiger charge is 2.37. The van der Waals surface area contributed by atoms with Gasteiger partial charge in [-0.1, -0.05) is 0 Å². The van der Waals surface area contributed by atoms with Crippen LogP contribution >= 0.6 is 0 Å². The lowest BCUT2D eigenvalue weighted by Crippen LogP contribution is -2.30. The van der Waals surface area contributed by atoms with Gasteiger partial charge in [-0.15, -0.1) is 0 Å². The molecule has 0 radical (unpaired) electrons. The van der Waals surface area contributed by atoms with Crippen LogP contribution in [0.5, 0.6) is 0 Å². The first-order valence-corrected chi connectivity index (χ1v) is 9.40. The highest BCUT2D eigenvalue weighted by molar-refractivity contribution is 5.95. The van der Waals surface area contributed by atoms with Crippen LogP contribution in [0.4, 0.5) is 0 Å². The number of aromatic nitrogens is 2. The van der Waals surface area contributed by atoms with Crippen LogP contribution in [0.2, 0.25) is 0 Å². The topological polar surface area (TPSA) is 55.3 Å². The van der Waals surface area contributed by atoms with Crippen molar-refractivity contribution in [3.8, 4) is 0 Å². The summed E-state index contributed by atoms with van der Waals surface area (Å²) >= 11 is 0. The Labute approximate surface area is 154 Å². The monoisotopic (exact) mass is 351 g/mol. The van der Waals surface area contributed by atoms with Crippen LogP contribution in [-0.4, -0.2) is 47.1 Å². The molecular weight excluding hydrogens is 326 g/mol. The second kappa shape index (κ2) is 7.54. The predicted octanol–water partition coefficient (Wildman–Crippen LogP) is 3.07. The molecule has 1 amide bonds. The van der Waals surface area contributed by atoms with E-state index in [1.54, 1.807) is 12.4 Å². The SMILES string of the molecule is Cc1ccncc1C(=O)N1CC(COCC2CC2)C(c2ccncc2)C1. The molecule has 0 spiro atoms. The van der Waals surface area contributed by atoms with E-state index in [1.165, 1.54) is 18.4 Å². The number of nitrogens with zero attached hydrogens (tertiary/aromatic N) is 3. The first-order chi connectivity index (χ1) is 12.7. The minimum atomic E-state index is 0.0688. The van der Waals surface area contributed by atoms with Crippen LogP contribution in [0.3, 0.4) is 0 Å². The van der Waals surface area contributed by atoms with Crippen molar-refractivity contribution in [2.45, 2.75) is 25.7 Å². The lowest BCUT2D eigenvalue weighted by Gasteiger charge is -2.18. The minimum absolute atomic E-state index is 0.0688. The van der Waals surface area contributed by atoms with Crippen molar-refractivity contribution in [2.75, 3.05) is 26.3 Å². The second-order valence-electron chi connectivity index (χ2n) is 7.53. The number of hydrogen-bond acceptors (Lipinski definition) is 4.